The molecule has 0 spiro atoms. The first-order valence-corrected chi connectivity index (χ1v) is 7.95. The molecule has 5 heteroatoms. The quantitative estimate of drug-likeness (QED) is 0.765. The number of aliphatic hydroxyl groups is 1. The lowest BCUT2D eigenvalue weighted by Crippen LogP contribution is -2.20. The number of likely N-dealkylation sites (N-methyl/N-ethyl adjacent to an activating group) is 1. The number of halogens is 2. The van der Waals surface area contributed by atoms with Crippen molar-refractivity contribution in [1.29, 1.82) is 0 Å². The first-order valence-electron chi connectivity index (χ1n) is 6.50. The third-order valence-corrected chi connectivity index (χ3v) is 5.33. The maximum Gasteiger partial charge on any atom is 0.231 e. The van der Waals surface area contributed by atoms with Gasteiger partial charge >= 0.3 is 0 Å². The van der Waals surface area contributed by atoms with Crippen LogP contribution >= 0.6 is 34.2 Å². The Bertz CT molecular complexity index is 732. The number of anilines is 1. The first kappa shape index (κ1) is 14.8. The molecule has 1 heterocycles. The SMILES string of the molecule is CN1C(=O)Cc2cc(C(O)c3ccc(I)c(Cl)c3)ccc21. The summed E-state index contributed by atoms with van der Waals surface area (Å²) in [6, 6.07) is 11.2. The standard InChI is InChI=1S/C16H13ClINO2/c1-19-14-5-3-9(6-11(14)8-15(19)20)16(21)10-2-4-13(18)12(17)7-10/h2-7,16,21H,8H2,1H3. The monoisotopic (exact) mass is 413 g/mol. The Morgan fingerprint density at radius 3 is 2.62 bits per heavy atom. The van der Waals surface area contributed by atoms with Gasteiger partial charge < -0.3 is 10.0 Å². The summed E-state index contributed by atoms with van der Waals surface area (Å²) >= 11 is 8.26. The third-order valence-electron chi connectivity index (χ3n) is 3.76. The molecule has 2 aromatic carbocycles. The molecule has 0 saturated carbocycles. The molecular weight excluding hydrogens is 401 g/mol. The van der Waals surface area contributed by atoms with Crippen molar-refractivity contribution in [3.63, 3.8) is 0 Å². The molecule has 1 amide bonds. The van der Waals surface area contributed by atoms with Crippen LogP contribution in [0.25, 0.3) is 0 Å². The highest BCUT2D eigenvalue weighted by molar-refractivity contribution is 14.1. The molecule has 0 aromatic heterocycles. The van der Waals surface area contributed by atoms with Crippen molar-refractivity contribution in [3.05, 3.63) is 61.7 Å². The molecule has 0 radical (unpaired) electrons. The van der Waals surface area contributed by atoms with Crippen LogP contribution in [0.15, 0.2) is 36.4 Å². The summed E-state index contributed by atoms with van der Waals surface area (Å²) in [4.78, 5) is 13.4. The molecule has 1 atom stereocenters. The van der Waals surface area contributed by atoms with E-state index in [1.807, 2.05) is 30.3 Å². The fourth-order valence-electron chi connectivity index (χ4n) is 2.54. The fraction of sp³-hybridized carbons (Fsp3) is 0.188. The van der Waals surface area contributed by atoms with E-state index in [1.54, 1.807) is 18.0 Å². The van der Waals surface area contributed by atoms with Crippen LogP contribution in [0.1, 0.15) is 22.8 Å². The van der Waals surface area contributed by atoms with Crippen LogP contribution in [0, 0.1) is 3.57 Å². The average Bonchev–Trinajstić information content (AvgIpc) is 2.76. The number of fused-ring (bicyclic) bond motifs is 1. The predicted octanol–water partition coefficient (Wildman–Crippen LogP) is 3.55. The molecule has 21 heavy (non-hydrogen) atoms. The number of hydrogen-bond acceptors (Lipinski definition) is 2. The van der Waals surface area contributed by atoms with Crippen molar-refractivity contribution in [1.82, 2.24) is 0 Å². The van der Waals surface area contributed by atoms with Gasteiger partial charge in [0, 0.05) is 16.3 Å². The number of hydrogen-bond donors (Lipinski definition) is 1. The lowest BCUT2D eigenvalue weighted by Gasteiger charge is -2.15. The number of aliphatic hydroxyl groups excluding tert-OH is 1. The smallest absolute Gasteiger partial charge is 0.231 e. The van der Waals surface area contributed by atoms with Crippen molar-refractivity contribution >= 4 is 45.8 Å². The summed E-state index contributed by atoms with van der Waals surface area (Å²) in [5.74, 6) is 0.0777. The Kier molecular flexibility index (Phi) is 3.94. The third kappa shape index (κ3) is 2.67. The van der Waals surface area contributed by atoms with Crippen LogP contribution in [0.5, 0.6) is 0 Å². The normalized spacial score (nSPS) is 15.2. The first-order chi connectivity index (χ1) is 9.97. The Morgan fingerprint density at radius 1 is 1.24 bits per heavy atom. The number of benzene rings is 2. The van der Waals surface area contributed by atoms with Gasteiger partial charge in [0.2, 0.25) is 5.91 Å². The molecule has 0 aliphatic carbocycles. The molecule has 1 unspecified atom stereocenters. The van der Waals surface area contributed by atoms with Gasteiger partial charge in [0.15, 0.2) is 0 Å². The minimum absolute atomic E-state index is 0.0777. The molecular formula is C16H13ClINO2. The van der Waals surface area contributed by atoms with Gasteiger partial charge in [-0.3, -0.25) is 4.79 Å². The van der Waals surface area contributed by atoms with E-state index in [4.69, 9.17) is 11.6 Å². The van der Waals surface area contributed by atoms with Crippen LogP contribution in [-0.2, 0) is 11.2 Å². The lowest BCUT2D eigenvalue weighted by molar-refractivity contribution is -0.117. The highest BCUT2D eigenvalue weighted by Gasteiger charge is 2.25. The van der Waals surface area contributed by atoms with E-state index in [0.29, 0.717) is 11.4 Å². The highest BCUT2D eigenvalue weighted by atomic mass is 127. The molecule has 1 aliphatic rings. The zero-order valence-electron chi connectivity index (χ0n) is 11.3. The second kappa shape index (κ2) is 5.59. The van der Waals surface area contributed by atoms with E-state index in [0.717, 1.165) is 25.9 Å². The molecule has 108 valence electrons. The zero-order valence-corrected chi connectivity index (χ0v) is 14.2. The van der Waals surface area contributed by atoms with E-state index in [2.05, 4.69) is 22.6 Å². The van der Waals surface area contributed by atoms with Crippen molar-refractivity contribution < 1.29 is 9.90 Å². The van der Waals surface area contributed by atoms with Crippen molar-refractivity contribution in [3.8, 4) is 0 Å². The van der Waals surface area contributed by atoms with Gasteiger partial charge in [-0.1, -0.05) is 29.8 Å². The van der Waals surface area contributed by atoms with Crippen molar-refractivity contribution in [2.24, 2.45) is 0 Å². The van der Waals surface area contributed by atoms with Crippen molar-refractivity contribution in [2.45, 2.75) is 12.5 Å². The second-order valence-corrected chi connectivity index (χ2v) is 6.66. The van der Waals surface area contributed by atoms with Crippen LogP contribution < -0.4 is 4.90 Å². The molecule has 0 bridgehead atoms. The van der Waals surface area contributed by atoms with Crippen molar-refractivity contribution in [2.75, 3.05) is 11.9 Å². The molecule has 2 aromatic rings. The minimum atomic E-state index is -0.745. The van der Waals surface area contributed by atoms with Crippen LogP contribution in [0.3, 0.4) is 0 Å². The Balaban J connectivity index is 1.96. The molecule has 0 saturated heterocycles. The number of carbonyl (C=O) groups excluding carboxylic acids is 1. The number of rotatable bonds is 2. The van der Waals surface area contributed by atoms with E-state index >= 15 is 0 Å². The van der Waals surface area contributed by atoms with Gasteiger partial charge in [-0.25, -0.2) is 0 Å². The number of amides is 1. The highest BCUT2D eigenvalue weighted by Crippen LogP contribution is 2.33. The second-order valence-electron chi connectivity index (χ2n) is 5.09. The molecule has 0 fully saturated rings. The molecule has 3 nitrogen and oxygen atoms in total. The predicted molar refractivity (Wildman–Crippen MR) is 91.8 cm³/mol. The number of carbonyl (C=O) groups is 1. The molecule has 1 aliphatic heterocycles. The van der Waals surface area contributed by atoms with E-state index < -0.39 is 6.10 Å². The Labute approximate surface area is 141 Å². The molecule has 3 rings (SSSR count). The van der Waals surface area contributed by atoms with Crippen LogP contribution in [0.2, 0.25) is 5.02 Å². The van der Waals surface area contributed by atoms with Gasteiger partial charge in [0.25, 0.3) is 0 Å². The van der Waals surface area contributed by atoms with Gasteiger partial charge in [0.05, 0.1) is 11.4 Å². The van der Waals surface area contributed by atoms with Gasteiger partial charge in [0.1, 0.15) is 6.10 Å². The lowest BCUT2D eigenvalue weighted by atomic mass is 9.99. The van der Waals surface area contributed by atoms with E-state index in [1.165, 1.54) is 0 Å². The molecule has 1 N–H and O–H groups in total. The van der Waals surface area contributed by atoms with Gasteiger partial charge in [-0.05, 0) is 57.5 Å². The Morgan fingerprint density at radius 2 is 1.90 bits per heavy atom. The van der Waals surface area contributed by atoms with E-state index in [9.17, 15) is 9.90 Å². The fourth-order valence-corrected chi connectivity index (χ4v) is 3.06. The largest absolute Gasteiger partial charge is 0.384 e. The minimum Gasteiger partial charge on any atom is -0.384 e. The number of nitrogens with zero attached hydrogens (tertiary/aromatic N) is 1. The summed E-state index contributed by atoms with van der Waals surface area (Å²) in [6.07, 6.45) is -0.356. The van der Waals surface area contributed by atoms with E-state index in [-0.39, 0.29) is 5.91 Å². The summed E-state index contributed by atoms with van der Waals surface area (Å²) in [6.45, 7) is 0. The average molecular weight is 414 g/mol. The summed E-state index contributed by atoms with van der Waals surface area (Å²) in [5.41, 5.74) is 3.39. The zero-order chi connectivity index (χ0) is 15.1. The maximum absolute atomic E-state index is 11.7. The Hall–Kier alpha value is -1.11. The van der Waals surface area contributed by atoms with Gasteiger partial charge in [-0.15, -0.1) is 0 Å². The van der Waals surface area contributed by atoms with Crippen LogP contribution in [0.4, 0.5) is 5.69 Å². The summed E-state index contributed by atoms with van der Waals surface area (Å²) < 4.78 is 0.950. The summed E-state index contributed by atoms with van der Waals surface area (Å²) in [7, 11) is 1.77. The maximum atomic E-state index is 11.7. The van der Waals surface area contributed by atoms with Gasteiger partial charge in [-0.2, -0.15) is 0 Å². The van der Waals surface area contributed by atoms with Crippen LogP contribution in [-0.4, -0.2) is 18.1 Å². The topological polar surface area (TPSA) is 40.5 Å². The summed E-state index contributed by atoms with van der Waals surface area (Å²) in [5, 5.41) is 11.1.